The van der Waals surface area contributed by atoms with Gasteiger partial charge in [0.25, 0.3) is 0 Å². The fourth-order valence-electron chi connectivity index (χ4n) is 4.06. The standard InChI is InChI=1S/C22H26ClN3O3/c1-28-18-7-4-16(5-8-18)20-3-2-10-26(20)22(27)24-19-15-17(23)6-9-21(19)25-11-13-29-14-12-25/h4-9,15,20H,2-3,10-14H2,1H3,(H,24,27). The number of benzene rings is 2. The quantitative estimate of drug-likeness (QED) is 0.795. The van der Waals surface area contributed by atoms with E-state index in [1.165, 1.54) is 0 Å². The van der Waals surface area contributed by atoms with Gasteiger partial charge in [0, 0.05) is 24.7 Å². The van der Waals surface area contributed by atoms with Crippen molar-refractivity contribution in [3.05, 3.63) is 53.1 Å². The van der Waals surface area contributed by atoms with Crippen LogP contribution in [0.4, 0.5) is 16.2 Å². The summed E-state index contributed by atoms with van der Waals surface area (Å²) in [6.07, 6.45) is 1.93. The van der Waals surface area contributed by atoms with Crippen molar-refractivity contribution in [1.82, 2.24) is 4.90 Å². The minimum Gasteiger partial charge on any atom is -0.497 e. The fraction of sp³-hybridized carbons (Fsp3) is 0.409. The molecule has 0 saturated carbocycles. The Hall–Kier alpha value is -2.44. The zero-order chi connectivity index (χ0) is 20.2. The van der Waals surface area contributed by atoms with Crippen molar-refractivity contribution in [2.45, 2.75) is 18.9 Å². The predicted octanol–water partition coefficient (Wildman–Crippen LogP) is 4.55. The lowest BCUT2D eigenvalue weighted by atomic mass is 10.0. The first kappa shape index (κ1) is 19.9. The lowest BCUT2D eigenvalue weighted by Crippen LogP contribution is -2.38. The molecule has 0 spiro atoms. The van der Waals surface area contributed by atoms with E-state index < -0.39 is 0 Å². The van der Waals surface area contributed by atoms with Crippen LogP contribution in [0.3, 0.4) is 0 Å². The Morgan fingerprint density at radius 2 is 1.90 bits per heavy atom. The number of ether oxygens (including phenoxy) is 2. The van der Waals surface area contributed by atoms with Crippen LogP contribution >= 0.6 is 11.6 Å². The number of methoxy groups -OCH3 is 1. The minimum atomic E-state index is -0.0971. The number of hydrogen-bond donors (Lipinski definition) is 1. The highest BCUT2D eigenvalue weighted by Crippen LogP contribution is 2.35. The third-order valence-electron chi connectivity index (χ3n) is 5.57. The molecule has 1 atom stereocenters. The molecule has 7 heteroatoms. The van der Waals surface area contributed by atoms with E-state index in [9.17, 15) is 4.79 Å². The van der Waals surface area contributed by atoms with Crippen molar-refractivity contribution >= 4 is 29.0 Å². The third-order valence-corrected chi connectivity index (χ3v) is 5.80. The average molecular weight is 416 g/mol. The molecule has 0 aliphatic carbocycles. The minimum absolute atomic E-state index is 0.0620. The molecule has 4 rings (SSSR count). The first-order chi connectivity index (χ1) is 14.2. The Morgan fingerprint density at radius 1 is 1.14 bits per heavy atom. The number of hydrogen-bond acceptors (Lipinski definition) is 4. The maximum Gasteiger partial charge on any atom is 0.322 e. The van der Waals surface area contributed by atoms with Crippen LogP contribution in [0.15, 0.2) is 42.5 Å². The van der Waals surface area contributed by atoms with Crippen molar-refractivity contribution in [1.29, 1.82) is 0 Å². The summed E-state index contributed by atoms with van der Waals surface area (Å²) in [6, 6.07) is 13.6. The maximum absolute atomic E-state index is 13.2. The molecule has 0 radical (unpaired) electrons. The molecule has 2 aromatic carbocycles. The zero-order valence-corrected chi connectivity index (χ0v) is 17.3. The molecule has 2 fully saturated rings. The van der Waals surface area contributed by atoms with Gasteiger partial charge in [-0.25, -0.2) is 4.79 Å². The van der Waals surface area contributed by atoms with Crippen LogP contribution in [0.5, 0.6) is 5.75 Å². The van der Waals surface area contributed by atoms with Gasteiger partial charge in [0.15, 0.2) is 0 Å². The van der Waals surface area contributed by atoms with Gasteiger partial charge >= 0.3 is 6.03 Å². The van der Waals surface area contributed by atoms with Crippen molar-refractivity contribution < 1.29 is 14.3 Å². The van der Waals surface area contributed by atoms with E-state index in [-0.39, 0.29) is 12.1 Å². The Balaban J connectivity index is 1.53. The maximum atomic E-state index is 13.2. The van der Waals surface area contributed by atoms with Crippen LogP contribution in [-0.2, 0) is 4.74 Å². The zero-order valence-electron chi connectivity index (χ0n) is 16.6. The predicted molar refractivity (Wildman–Crippen MR) is 115 cm³/mol. The molecule has 2 aliphatic rings. The summed E-state index contributed by atoms with van der Waals surface area (Å²) in [5.41, 5.74) is 2.84. The van der Waals surface area contributed by atoms with Crippen LogP contribution in [-0.4, -0.2) is 50.9 Å². The van der Waals surface area contributed by atoms with E-state index >= 15 is 0 Å². The summed E-state index contributed by atoms with van der Waals surface area (Å²) in [5.74, 6) is 0.817. The average Bonchev–Trinajstić information content (AvgIpc) is 3.25. The third kappa shape index (κ3) is 4.43. The lowest BCUT2D eigenvalue weighted by molar-refractivity contribution is 0.123. The second kappa shape index (κ2) is 8.93. The molecule has 2 heterocycles. The summed E-state index contributed by atoms with van der Waals surface area (Å²) >= 11 is 6.23. The van der Waals surface area contributed by atoms with Crippen LogP contribution in [0.1, 0.15) is 24.4 Å². The molecule has 2 aliphatic heterocycles. The van der Waals surface area contributed by atoms with Crippen molar-refractivity contribution in [2.75, 3.05) is 50.2 Å². The van der Waals surface area contributed by atoms with E-state index in [0.717, 1.165) is 55.2 Å². The SMILES string of the molecule is COc1ccc(C2CCCN2C(=O)Nc2cc(Cl)ccc2N2CCOCC2)cc1. The number of carbonyl (C=O) groups excluding carboxylic acids is 1. The molecule has 0 aromatic heterocycles. The Kier molecular flexibility index (Phi) is 6.11. The molecule has 154 valence electrons. The van der Waals surface area contributed by atoms with Gasteiger partial charge in [0.2, 0.25) is 0 Å². The Morgan fingerprint density at radius 3 is 2.62 bits per heavy atom. The van der Waals surface area contributed by atoms with E-state index in [2.05, 4.69) is 10.2 Å². The number of rotatable bonds is 4. The molecule has 6 nitrogen and oxygen atoms in total. The number of anilines is 2. The molecule has 1 unspecified atom stereocenters. The summed E-state index contributed by atoms with van der Waals surface area (Å²) in [7, 11) is 1.65. The number of nitrogens with zero attached hydrogens (tertiary/aromatic N) is 2. The first-order valence-corrected chi connectivity index (χ1v) is 10.4. The van der Waals surface area contributed by atoms with Crippen LogP contribution in [0.25, 0.3) is 0 Å². The Labute approximate surface area is 176 Å². The number of likely N-dealkylation sites (tertiary alicyclic amines) is 1. The summed E-state index contributed by atoms with van der Waals surface area (Å²) in [4.78, 5) is 17.3. The van der Waals surface area contributed by atoms with Gasteiger partial charge in [0.05, 0.1) is 37.7 Å². The second-order valence-corrected chi connectivity index (χ2v) is 7.75. The van der Waals surface area contributed by atoms with Gasteiger partial charge in [-0.3, -0.25) is 0 Å². The number of morpholine rings is 1. The number of urea groups is 1. The van der Waals surface area contributed by atoms with Gasteiger partial charge < -0.3 is 24.6 Å². The topological polar surface area (TPSA) is 54.0 Å². The van der Waals surface area contributed by atoms with Crippen molar-refractivity contribution in [3.8, 4) is 5.75 Å². The number of carbonyl (C=O) groups is 1. The van der Waals surface area contributed by atoms with E-state index in [4.69, 9.17) is 21.1 Å². The number of nitrogens with one attached hydrogen (secondary N) is 1. The molecular formula is C22H26ClN3O3. The van der Waals surface area contributed by atoms with Gasteiger partial charge in [0.1, 0.15) is 5.75 Å². The van der Waals surface area contributed by atoms with Gasteiger partial charge in [-0.2, -0.15) is 0 Å². The highest BCUT2D eigenvalue weighted by Gasteiger charge is 2.30. The smallest absolute Gasteiger partial charge is 0.322 e. The van der Waals surface area contributed by atoms with Crippen molar-refractivity contribution in [3.63, 3.8) is 0 Å². The second-order valence-electron chi connectivity index (χ2n) is 7.32. The van der Waals surface area contributed by atoms with E-state index in [1.807, 2.05) is 47.4 Å². The molecule has 2 aromatic rings. The molecule has 0 bridgehead atoms. The highest BCUT2D eigenvalue weighted by molar-refractivity contribution is 6.31. The van der Waals surface area contributed by atoms with Gasteiger partial charge in [-0.15, -0.1) is 0 Å². The molecule has 29 heavy (non-hydrogen) atoms. The Bertz CT molecular complexity index is 853. The number of halogens is 1. The van der Waals surface area contributed by atoms with Crippen LogP contribution < -0.4 is 15.0 Å². The summed E-state index contributed by atoms with van der Waals surface area (Å²) in [6.45, 7) is 3.69. The summed E-state index contributed by atoms with van der Waals surface area (Å²) in [5, 5.41) is 3.71. The normalized spacial score (nSPS) is 19.3. The van der Waals surface area contributed by atoms with Crippen molar-refractivity contribution in [2.24, 2.45) is 0 Å². The van der Waals surface area contributed by atoms with Crippen LogP contribution in [0, 0.1) is 0 Å². The number of amides is 2. The van der Waals surface area contributed by atoms with Gasteiger partial charge in [-0.1, -0.05) is 23.7 Å². The molecule has 2 amide bonds. The van der Waals surface area contributed by atoms with Gasteiger partial charge in [-0.05, 0) is 48.7 Å². The largest absolute Gasteiger partial charge is 0.497 e. The molecule has 2 saturated heterocycles. The van der Waals surface area contributed by atoms with E-state index in [0.29, 0.717) is 18.2 Å². The lowest BCUT2D eigenvalue weighted by Gasteiger charge is -2.31. The molecular weight excluding hydrogens is 390 g/mol. The fourth-order valence-corrected chi connectivity index (χ4v) is 4.23. The summed E-state index contributed by atoms with van der Waals surface area (Å²) < 4.78 is 10.7. The van der Waals surface area contributed by atoms with Crippen LogP contribution in [0.2, 0.25) is 5.02 Å². The monoisotopic (exact) mass is 415 g/mol. The molecule has 1 N–H and O–H groups in total. The highest BCUT2D eigenvalue weighted by atomic mass is 35.5. The van der Waals surface area contributed by atoms with E-state index in [1.54, 1.807) is 7.11 Å². The first-order valence-electron chi connectivity index (χ1n) is 9.99.